The maximum absolute atomic E-state index is 13.5. The van der Waals surface area contributed by atoms with Crippen LogP contribution in [0.4, 0.5) is 28.9 Å². The fraction of sp³-hybridized carbons (Fsp3) is 0.125. The molecule has 0 saturated carbocycles. The van der Waals surface area contributed by atoms with Crippen molar-refractivity contribution >= 4 is 51.4 Å². The van der Waals surface area contributed by atoms with E-state index in [-0.39, 0.29) is 10.8 Å². The molecule has 4 rings (SSSR count). The van der Waals surface area contributed by atoms with Crippen LogP contribution < -0.4 is 20.1 Å². The van der Waals surface area contributed by atoms with Crippen LogP contribution in [0, 0.1) is 5.82 Å². The van der Waals surface area contributed by atoms with Gasteiger partial charge in [0.15, 0.2) is 16.6 Å². The van der Waals surface area contributed by atoms with Crippen LogP contribution in [0.2, 0.25) is 0 Å². The molecule has 0 fully saturated rings. The fourth-order valence-corrected chi connectivity index (χ4v) is 4.47. The number of fused-ring (bicyclic) bond motifs is 1. The molecule has 1 heterocycles. The van der Waals surface area contributed by atoms with Gasteiger partial charge in [-0.1, -0.05) is 17.8 Å². The van der Waals surface area contributed by atoms with Crippen molar-refractivity contribution in [2.45, 2.75) is 16.1 Å². The number of anilines is 2. The van der Waals surface area contributed by atoms with E-state index in [0.717, 1.165) is 16.3 Å². The van der Waals surface area contributed by atoms with Crippen molar-refractivity contribution in [3.05, 3.63) is 72.3 Å². The van der Waals surface area contributed by atoms with E-state index in [0.29, 0.717) is 33.8 Å². The van der Waals surface area contributed by atoms with Gasteiger partial charge >= 0.3 is 6.18 Å². The number of nitrogens with one attached hydrogen (secondary N) is 2. The average molecular weight is 535 g/mol. The molecule has 0 aliphatic carbocycles. The summed E-state index contributed by atoms with van der Waals surface area (Å²) in [5.74, 6) is -0.261. The number of nitrogens with zero attached hydrogens (tertiary/aromatic N) is 2. The summed E-state index contributed by atoms with van der Waals surface area (Å²) in [6.07, 6.45) is -3.36. The normalized spacial score (nSPS) is 11.3. The van der Waals surface area contributed by atoms with Gasteiger partial charge in [0.2, 0.25) is 0 Å². The van der Waals surface area contributed by atoms with Crippen molar-refractivity contribution in [3.8, 4) is 11.5 Å². The first-order valence-corrected chi connectivity index (χ1v) is 11.5. The van der Waals surface area contributed by atoms with E-state index in [4.69, 9.17) is 21.7 Å². The molecule has 36 heavy (non-hydrogen) atoms. The van der Waals surface area contributed by atoms with Crippen LogP contribution >= 0.6 is 24.0 Å². The number of benzene rings is 3. The van der Waals surface area contributed by atoms with Crippen LogP contribution in [0.15, 0.2) is 70.8 Å². The molecule has 4 aromatic rings. The monoisotopic (exact) mass is 534 g/mol. The standard InChI is InChI=1S/C24H18F4N4O2S2/c1-33-20-10-16-19(11-21(20)34-2)29-12-30-22(16)36-15-5-3-4-13(8-15)31-23(35)32-14-6-7-18(25)17(9-14)24(26,27)28/h3-12H,1-2H3,(H2,31,32,35). The van der Waals surface area contributed by atoms with Crippen LogP contribution in [0.25, 0.3) is 10.9 Å². The number of hydrogen-bond acceptors (Lipinski definition) is 6. The van der Waals surface area contributed by atoms with Crippen LogP contribution in [0.3, 0.4) is 0 Å². The first-order valence-electron chi connectivity index (χ1n) is 10.3. The Hall–Kier alpha value is -3.64. The number of ether oxygens (including phenoxy) is 2. The van der Waals surface area contributed by atoms with Gasteiger partial charge in [-0.05, 0) is 54.7 Å². The minimum atomic E-state index is -4.82. The van der Waals surface area contributed by atoms with E-state index in [2.05, 4.69) is 20.6 Å². The maximum atomic E-state index is 13.5. The molecule has 186 valence electrons. The van der Waals surface area contributed by atoms with Gasteiger partial charge in [-0.3, -0.25) is 0 Å². The number of alkyl halides is 3. The number of methoxy groups -OCH3 is 2. The predicted octanol–water partition coefficient (Wildman–Crippen LogP) is 6.77. The molecule has 0 atom stereocenters. The summed E-state index contributed by atoms with van der Waals surface area (Å²) in [7, 11) is 3.09. The van der Waals surface area contributed by atoms with E-state index in [1.807, 2.05) is 6.07 Å². The van der Waals surface area contributed by atoms with E-state index >= 15 is 0 Å². The quantitative estimate of drug-likeness (QED) is 0.160. The van der Waals surface area contributed by atoms with Gasteiger partial charge in [-0.2, -0.15) is 13.2 Å². The first-order chi connectivity index (χ1) is 17.2. The van der Waals surface area contributed by atoms with Gasteiger partial charge in [-0.25, -0.2) is 14.4 Å². The molecule has 0 amide bonds. The minimum Gasteiger partial charge on any atom is -0.493 e. The summed E-state index contributed by atoms with van der Waals surface area (Å²) in [5.41, 5.74) is -0.0980. The lowest BCUT2D eigenvalue weighted by atomic mass is 10.2. The molecule has 12 heteroatoms. The Labute approximate surface area is 213 Å². The molecule has 6 nitrogen and oxygen atoms in total. The minimum absolute atomic E-state index is 0.00332. The molecular weight excluding hydrogens is 516 g/mol. The number of thiocarbonyl (C=S) groups is 1. The highest BCUT2D eigenvalue weighted by Gasteiger charge is 2.34. The fourth-order valence-electron chi connectivity index (χ4n) is 3.30. The Kier molecular flexibility index (Phi) is 7.45. The highest BCUT2D eigenvalue weighted by molar-refractivity contribution is 7.99. The Bertz CT molecular complexity index is 1430. The Morgan fingerprint density at radius 1 is 0.917 bits per heavy atom. The van der Waals surface area contributed by atoms with Crippen molar-refractivity contribution in [1.82, 2.24) is 9.97 Å². The van der Waals surface area contributed by atoms with Crippen LogP contribution in [-0.4, -0.2) is 29.3 Å². The first kappa shape index (κ1) is 25.5. The van der Waals surface area contributed by atoms with Crippen molar-refractivity contribution in [2.75, 3.05) is 24.9 Å². The van der Waals surface area contributed by atoms with E-state index in [9.17, 15) is 17.6 Å². The topological polar surface area (TPSA) is 68.3 Å². The van der Waals surface area contributed by atoms with Crippen LogP contribution in [0.1, 0.15) is 5.56 Å². The molecule has 0 radical (unpaired) electrons. The van der Waals surface area contributed by atoms with Gasteiger partial charge in [-0.15, -0.1) is 0 Å². The number of hydrogen-bond donors (Lipinski definition) is 2. The summed E-state index contributed by atoms with van der Waals surface area (Å²) in [4.78, 5) is 9.51. The predicted molar refractivity (Wildman–Crippen MR) is 134 cm³/mol. The maximum Gasteiger partial charge on any atom is 0.419 e. The van der Waals surface area contributed by atoms with Crippen molar-refractivity contribution in [2.24, 2.45) is 0 Å². The highest BCUT2D eigenvalue weighted by atomic mass is 32.2. The second-order valence-corrected chi connectivity index (χ2v) is 8.78. The molecule has 0 bridgehead atoms. The second kappa shape index (κ2) is 10.5. The zero-order valence-electron chi connectivity index (χ0n) is 18.8. The van der Waals surface area contributed by atoms with Gasteiger partial charge < -0.3 is 20.1 Å². The van der Waals surface area contributed by atoms with Gasteiger partial charge in [0.05, 0.1) is 25.3 Å². The summed E-state index contributed by atoms with van der Waals surface area (Å²) in [5, 5.41) is 7.07. The zero-order chi connectivity index (χ0) is 25.9. The largest absolute Gasteiger partial charge is 0.493 e. The molecule has 1 aromatic heterocycles. The van der Waals surface area contributed by atoms with Crippen molar-refractivity contribution in [3.63, 3.8) is 0 Å². The SMILES string of the molecule is COc1cc2ncnc(Sc3cccc(NC(=S)Nc4ccc(F)c(C(F)(F)F)c4)c3)c2cc1OC. The molecule has 2 N–H and O–H groups in total. The van der Waals surface area contributed by atoms with E-state index in [1.54, 1.807) is 44.6 Å². The van der Waals surface area contributed by atoms with Crippen LogP contribution in [-0.2, 0) is 6.18 Å². The number of halogens is 4. The Morgan fingerprint density at radius 3 is 2.31 bits per heavy atom. The zero-order valence-corrected chi connectivity index (χ0v) is 20.4. The van der Waals surface area contributed by atoms with Gasteiger partial charge in [0, 0.05) is 27.7 Å². The second-order valence-electron chi connectivity index (χ2n) is 7.30. The van der Waals surface area contributed by atoms with E-state index < -0.39 is 17.6 Å². The number of rotatable bonds is 6. The molecule has 0 unspecified atom stereocenters. The lowest BCUT2D eigenvalue weighted by molar-refractivity contribution is -0.139. The lowest BCUT2D eigenvalue weighted by Crippen LogP contribution is -2.19. The average Bonchev–Trinajstić information content (AvgIpc) is 2.84. The van der Waals surface area contributed by atoms with Crippen molar-refractivity contribution in [1.29, 1.82) is 0 Å². The summed E-state index contributed by atoms with van der Waals surface area (Å²) < 4.78 is 63.2. The third kappa shape index (κ3) is 5.77. The molecule has 3 aromatic carbocycles. The highest BCUT2D eigenvalue weighted by Crippen LogP contribution is 2.37. The Morgan fingerprint density at radius 2 is 1.61 bits per heavy atom. The van der Waals surface area contributed by atoms with E-state index in [1.165, 1.54) is 24.2 Å². The van der Waals surface area contributed by atoms with Crippen LogP contribution in [0.5, 0.6) is 11.5 Å². The molecule has 0 aliphatic heterocycles. The third-order valence-electron chi connectivity index (χ3n) is 4.94. The molecule has 0 spiro atoms. The van der Waals surface area contributed by atoms with Gasteiger partial charge in [0.1, 0.15) is 17.2 Å². The number of aromatic nitrogens is 2. The molecule has 0 aliphatic rings. The summed E-state index contributed by atoms with van der Waals surface area (Å²) in [6.45, 7) is 0. The van der Waals surface area contributed by atoms with Gasteiger partial charge in [0.25, 0.3) is 0 Å². The molecule has 0 saturated heterocycles. The smallest absolute Gasteiger partial charge is 0.419 e. The third-order valence-corrected chi connectivity index (χ3v) is 6.15. The lowest BCUT2D eigenvalue weighted by Gasteiger charge is -2.14. The summed E-state index contributed by atoms with van der Waals surface area (Å²) >= 11 is 6.61. The summed E-state index contributed by atoms with van der Waals surface area (Å²) in [6, 6.07) is 13.4. The molecular formula is C24H18F4N4O2S2. The van der Waals surface area contributed by atoms with Crippen molar-refractivity contribution < 1.29 is 27.0 Å². The Balaban J connectivity index is 1.52.